The summed E-state index contributed by atoms with van der Waals surface area (Å²) in [5, 5.41) is 8.73. The molecule has 1 amide bonds. The summed E-state index contributed by atoms with van der Waals surface area (Å²) < 4.78 is 39.2. The van der Waals surface area contributed by atoms with E-state index in [1.807, 2.05) is 0 Å². The third kappa shape index (κ3) is 4.39. The Morgan fingerprint density at radius 1 is 1.08 bits per heavy atom. The first-order valence-corrected chi connectivity index (χ1v) is 7.57. The number of Topliss-reactive ketones (excluding diaryl/α,β-unsaturated/α-hetero) is 1. The number of amides is 1. The van der Waals surface area contributed by atoms with Crippen LogP contribution >= 0.6 is 0 Å². The number of nitrogens with zero attached hydrogens (tertiary/aromatic N) is 1. The van der Waals surface area contributed by atoms with Gasteiger partial charge in [0.1, 0.15) is 0 Å². The zero-order valence-electron chi connectivity index (χ0n) is 13.6. The van der Waals surface area contributed by atoms with Crippen molar-refractivity contribution in [2.75, 3.05) is 5.43 Å². The molecule has 2 N–H and O–H groups in total. The van der Waals surface area contributed by atoms with Crippen molar-refractivity contribution < 1.29 is 22.8 Å². The summed E-state index contributed by atoms with van der Waals surface area (Å²) in [7, 11) is 0. The van der Waals surface area contributed by atoms with Crippen LogP contribution in [0.5, 0.6) is 0 Å². The topological polar surface area (TPSA) is 82.0 Å². The third-order valence-electron chi connectivity index (χ3n) is 3.55. The van der Waals surface area contributed by atoms with Crippen molar-refractivity contribution >= 4 is 17.4 Å². The minimum Gasteiger partial charge on any atom is -0.298 e. The number of carbonyl (C=O) groups is 2. The van der Waals surface area contributed by atoms with E-state index in [2.05, 4.69) is 10.9 Å². The molecule has 0 aliphatic heterocycles. The monoisotopic (exact) mass is 361 g/mol. The van der Waals surface area contributed by atoms with Crippen molar-refractivity contribution in [2.24, 2.45) is 0 Å². The molecule has 0 heterocycles. The Balaban J connectivity index is 2.15. The van der Waals surface area contributed by atoms with Gasteiger partial charge in [-0.05, 0) is 30.3 Å². The van der Waals surface area contributed by atoms with Crippen LogP contribution in [-0.4, -0.2) is 11.7 Å². The summed E-state index contributed by atoms with van der Waals surface area (Å²) in [6.45, 7) is 1.71. The van der Waals surface area contributed by atoms with Gasteiger partial charge in [-0.3, -0.25) is 20.4 Å². The summed E-state index contributed by atoms with van der Waals surface area (Å²) in [5.74, 6) is -0.750. The lowest BCUT2D eigenvalue weighted by Gasteiger charge is -2.15. The average molecular weight is 361 g/mol. The number of nitrogens with one attached hydrogen (secondary N) is 2. The van der Waals surface area contributed by atoms with Crippen molar-refractivity contribution in [3.8, 4) is 6.07 Å². The van der Waals surface area contributed by atoms with E-state index in [-0.39, 0.29) is 22.6 Å². The lowest BCUT2D eigenvalue weighted by molar-refractivity contribution is -0.137. The van der Waals surface area contributed by atoms with Crippen molar-refractivity contribution in [1.29, 1.82) is 5.26 Å². The molecule has 0 unspecified atom stereocenters. The quantitative estimate of drug-likeness (QED) is 0.625. The molecule has 26 heavy (non-hydrogen) atoms. The van der Waals surface area contributed by atoms with Gasteiger partial charge in [-0.2, -0.15) is 18.4 Å². The Labute approximate surface area is 147 Å². The van der Waals surface area contributed by atoms with Gasteiger partial charge in [0.05, 0.1) is 22.9 Å². The number of carbonyl (C=O) groups excluding carboxylic acids is 2. The maximum Gasteiger partial charge on any atom is 0.418 e. The highest BCUT2D eigenvalue weighted by Gasteiger charge is 2.34. The van der Waals surface area contributed by atoms with Gasteiger partial charge in [0.25, 0.3) is 5.91 Å². The zero-order valence-corrected chi connectivity index (χ0v) is 13.6. The highest BCUT2D eigenvalue weighted by molar-refractivity contribution is 5.98. The van der Waals surface area contributed by atoms with Gasteiger partial charge >= 0.3 is 6.18 Å². The van der Waals surface area contributed by atoms with Gasteiger partial charge in [0, 0.05) is 17.5 Å². The Morgan fingerprint density at radius 2 is 1.69 bits per heavy atom. The van der Waals surface area contributed by atoms with Crippen molar-refractivity contribution in [1.82, 2.24) is 5.43 Å². The van der Waals surface area contributed by atoms with Crippen LogP contribution in [0.2, 0.25) is 0 Å². The van der Waals surface area contributed by atoms with Gasteiger partial charge in [-0.25, -0.2) is 0 Å². The molecule has 0 saturated carbocycles. The molecule has 0 aromatic heterocycles. The van der Waals surface area contributed by atoms with Gasteiger partial charge < -0.3 is 0 Å². The summed E-state index contributed by atoms with van der Waals surface area (Å²) in [6.07, 6.45) is -4.37. The summed E-state index contributed by atoms with van der Waals surface area (Å²) in [6, 6.07) is 10.4. The van der Waals surface area contributed by atoms with Crippen molar-refractivity contribution in [2.45, 2.75) is 19.5 Å². The van der Waals surface area contributed by atoms with Crippen LogP contribution in [0.25, 0.3) is 0 Å². The fourth-order valence-corrected chi connectivity index (χ4v) is 2.17. The van der Waals surface area contributed by atoms with Crippen LogP contribution in [0.3, 0.4) is 0 Å². The number of rotatable bonds is 5. The second-order valence-corrected chi connectivity index (χ2v) is 5.30. The fourth-order valence-electron chi connectivity index (χ4n) is 2.17. The number of nitriles is 1. The predicted molar refractivity (Wildman–Crippen MR) is 88.3 cm³/mol. The van der Waals surface area contributed by atoms with Crippen LogP contribution in [0.15, 0.2) is 42.5 Å². The van der Waals surface area contributed by atoms with Crippen LogP contribution in [-0.2, 0) is 6.18 Å². The van der Waals surface area contributed by atoms with Gasteiger partial charge in [-0.15, -0.1) is 0 Å². The third-order valence-corrected chi connectivity index (χ3v) is 3.55. The molecule has 2 aromatic carbocycles. The maximum atomic E-state index is 13.1. The molecule has 8 heteroatoms. The first-order chi connectivity index (χ1) is 12.3. The molecule has 0 bridgehead atoms. The lowest BCUT2D eigenvalue weighted by Crippen LogP contribution is -2.30. The summed E-state index contributed by atoms with van der Waals surface area (Å²) in [5.41, 5.74) is 3.41. The molecule has 0 atom stereocenters. The Bertz CT molecular complexity index is 869. The molecule has 0 aliphatic rings. The smallest absolute Gasteiger partial charge is 0.298 e. The van der Waals surface area contributed by atoms with Crippen molar-refractivity contribution in [3.05, 3.63) is 64.7 Å². The van der Waals surface area contributed by atoms with Crippen LogP contribution in [0.1, 0.15) is 45.2 Å². The van der Waals surface area contributed by atoms with E-state index in [1.54, 1.807) is 13.0 Å². The van der Waals surface area contributed by atoms with Crippen LogP contribution in [0, 0.1) is 11.3 Å². The molecule has 0 spiro atoms. The molecule has 134 valence electrons. The van der Waals surface area contributed by atoms with Gasteiger partial charge in [0.2, 0.25) is 0 Å². The van der Waals surface area contributed by atoms with Gasteiger partial charge in [-0.1, -0.05) is 19.1 Å². The maximum absolute atomic E-state index is 13.1. The van der Waals surface area contributed by atoms with E-state index in [0.29, 0.717) is 18.1 Å². The molecule has 0 radical (unpaired) electrons. The van der Waals surface area contributed by atoms with Gasteiger partial charge in [0.15, 0.2) is 5.78 Å². The molecule has 2 rings (SSSR count). The van der Waals surface area contributed by atoms with E-state index in [1.165, 1.54) is 30.3 Å². The minimum atomic E-state index is -4.69. The predicted octanol–water partition coefficient (Wildman–Crippen LogP) is 3.93. The highest BCUT2D eigenvalue weighted by Crippen LogP contribution is 2.35. The summed E-state index contributed by atoms with van der Waals surface area (Å²) >= 11 is 0. The van der Waals surface area contributed by atoms with E-state index in [9.17, 15) is 22.8 Å². The largest absolute Gasteiger partial charge is 0.418 e. The Morgan fingerprint density at radius 3 is 2.23 bits per heavy atom. The van der Waals surface area contributed by atoms with Crippen LogP contribution < -0.4 is 10.9 Å². The molecule has 0 fully saturated rings. The standard InChI is InChI=1S/C18H14F3N3O2/c1-2-16(25)12-4-6-13(7-5-12)17(26)24-23-15-8-3-11(10-22)9-14(15)18(19,20)21/h3-9,23H,2H2,1H3,(H,24,26). The number of halogens is 3. The van der Waals surface area contributed by atoms with E-state index in [4.69, 9.17) is 5.26 Å². The Hall–Kier alpha value is -3.34. The number of benzene rings is 2. The molecule has 2 aromatic rings. The SMILES string of the molecule is CCC(=O)c1ccc(C(=O)NNc2ccc(C#N)cc2C(F)(F)F)cc1. The van der Waals surface area contributed by atoms with E-state index >= 15 is 0 Å². The number of hydrazine groups is 1. The molecular weight excluding hydrogens is 347 g/mol. The average Bonchev–Trinajstić information content (AvgIpc) is 2.64. The number of ketones is 1. The number of hydrogen-bond donors (Lipinski definition) is 2. The van der Waals surface area contributed by atoms with Crippen LogP contribution in [0.4, 0.5) is 18.9 Å². The zero-order chi connectivity index (χ0) is 19.3. The van der Waals surface area contributed by atoms with E-state index in [0.717, 1.165) is 6.07 Å². The van der Waals surface area contributed by atoms with E-state index < -0.39 is 17.6 Å². The normalized spacial score (nSPS) is 10.7. The summed E-state index contributed by atoms with van der Waals surface area (Å²) in [4.78, 5) is 23.6. The highest BCUT2D eigenvalue weighted by atomic mass is 19.4. The lowest BCUT2D eigenvalue weighted by atomic mass is 10.1. The Kier molecular flexibility index (Phi) is 5.62. The van der Waals surface area contributed by atoms with Crippen molar-refractivity contribution in [3.63, 3.8) is 0 Å². The number of anilines is 1. The first kappa shape index (κ1) is 19.0. The second-order valence-electron chi connectivity index (χ2n) is 5.30. The number of hydrogen-bond acceptors (Lipinski definition) is 4. The molecular formula is C18H14F3N3O2. The second kappa shape index (κ2) is 7.70. The minimum absolute atomic E-state index is 0.0810. The number of alkyl halides is 3. The first-order valence-electron chi connectivity index (χ1n) is 7.57. The molecule has 0 aliphatic carbocycles. The molecule has 0 saturated heterocycles. The molecule has 5 nitrogen and oxygen atoms in total. The fraction of sp³-hybridized carbons (Fsp3) is 0.167.